The zero-order valence-electron chi connectivity index (χ0n) is 13.2. The molecule has 0 saturated carbocycles. The fraction of sp³-hybridized carbons (Fsp3) is 0.353. The fourth-order valence-electron chi connectivity index (χ4n) is 2.88. The molecule has 0 unspecified atom stereocenters. The number of nitrogens with zero attached hydrogens (tertiary/aromatic N) is 3. The van der Waals surface area contributed by atoms with Crippen molar-refractivity contribution in [3.8, 4) is 0 Å². The van der Waals surface area contributed by atoms with E-state index in [1.54, 1.807) is 11.9 Å². The Bertz CT molecular complexity index is 770. The third kappa shape index (κ3) is 2.90. The first-order chi connectivity index (χ1) is 11.1. The van der Waals surface area contributed by atoms with Crippen LogP contribution < -0.4 is 5.56 Å². The molecular weight excluding hydrogens is 294 g/mol. The number of ether oxygens (including phenoxy) is 1. The van der Waals surface area contributed by atoms with Crippen LogP contribution in [0.5, 0.6) is 0 Å². The van der Waals surface area contributed by atoms with Crippen molar-refractivity contribution in [2.24, 2.45) is 7.05 Å². The Kier molecular flexibility index (Phi) is 4.25. The molecule has 1 aromatic carbocycles. The van der Waals surface area contributed by atoms with Gasteiger partial charge < -0.3 is 14.2 Å². The number of hydrogen-bond acceptors (Lipinski definition) is 4. The van der Waals surface area contributed by atoms with E-state index in [1.165, 1.54) is 18.0 Å². The van der Waals surface area contributed by atoms with Crippen molar-refractivity contribution in [3.63, 3.8) is 0 Å². The number of fused-ring (bicyclic) bond motifs is 1. The Hall–Kier alpha value is -2.47. The van der Waals surface area contributed by atoms with Gasteiger partial charge in [-0.25, -0.2) is 4.98 Å². The predicted molar refractivity (Wildman–Crippen MR) is 84.8 cm³/mol. The Labute approximate surface area is 134 Å². The van der Waals surface area contributed by atoms with E-state index in [0.717, 1.165) is 5.56 Å². The summed E-state index contributed by atoms with van der Waals surface area (Å²) in [6, 6.07) is 9.41. The summed E-state index contributed by atoms with van der Waals surface area (Å²) in [6.07, 6.45) is 1.39. The van der Waals surface area contributed by atoms with Gasteiger partial charge >= 0.3 is 0 Å². The second-order valence-electron chi connectivity index (χ2n) is 5.62. The minimum Gasteiger partial charge on any atom is -0.367 e. The summed E-state index contributed by atoms with van der Waals surface area (Å²) < 4.78 is 6.88. The van der Waals surface area contributed by atoms with Crippen LogP contribution in [0.3, 0.4) is 0 Å². The van der Waals surface area contributed by atoms with Crippen molar-refractivity contribution >= 4 is 5.91 Å². The van der Waals surface area contributed by atoms with Crippen LogP contribution in [-0.2, 0) is 29.5 Å². The van der Waals surface area contributed by atoms with Gasteiger partial charge in [-0.1, -0.05) is 30.3 Å². The van der Waals surface area contributed by atoms with E-state index in [0.29, 0.717) is 30.8 Å². The van der Waals surface area contributed by atoms with Gasteiger partial charge in [0.25, 0.3) is 11.5 Å². The van der Waals surface area contributed by atoms with Gasteiger partial charge in [-0.3, -0.25) is 9.59 Å². The van der Waals surface area contributed by atoms with Crippen molar-refractivity contribution in [1.82, 2.24) is 14.5 Å². The summed E-state index contributed by atoms with van der Waals surface area (Å²) in [5.74, 6) is -0.105. The van der Waals surface area contributed by atoms with Crippen molar-refractivity contribution in [2.75, 3.05) is 13.7 Å². The number of aromatic nitrogens is 2. The first-order valence-electron chi connectivity index (χ1n) is 7.51. The molecule has 6 heteroatoms. The molecule has 0 saturated heterocycles. The number of aryl methyl sites for hydroxylation is 1. The zero-order valence-corrected chi connectivity index (χ0v) is 13.2. The standard InChI is InChI=1S/C17H19N3O3/c1-19-11-18-14-10-20(9-8-13(14)16(19)21)17(22)15(23-2)12-6-4-3-5-7-12/h3-7,11,15H,8-10H2,1-2H3/t15-/m0/s1. The lowest BCUT2D eigenvalue weighted by Crippen LogP contribution is -2.42. The van der Waals surface area contributed by atoms with E-state index in [2.05, 4.69) is 4.98 Å². The van der Waals surface area contributed by atoms with Gasteiger partial charge in [0.1, 0.15) is 0 Å². The highest BCUT2D eigenvalue weighted by Crippen LogP contribution is 2.22. The number of methoxy groups -OCH3 is 1. The zero-order chi connectivity index (χ0) is 16.4. The maximum Gasteiger partial charge on any atom is 0.256 e. The van der Waals surface area contributed by atoms with Crippen molar-refractivity contribution in [1.29, 1.82) is 0 Å². The minimum atomic E-state index is -0.635. The van der Waals surface area contributed by atoms with Crippen LogP contribution in [0.2, 0.25) is 0 Å². The first-order valence-corrected chi connectivity index (χ1v) is 7.51. The van der Waals surface area contributed by atoms with E-state index in [4.69, 9.17) is 4.74 Å². The number of carbonyl (C=O) groups is 1. The molecule has 23 heavy (non-hydrogen) atoms. The number of rotatable bonds is 3. The number of carbonyl (C=O) groups excluding carboxylic acids is 1. The Balaban J connectivity index is 1.84. The van der Waals surface area contributed by atoms with Gasteiger partial charge in [0.05, 0.1) is 18.6 Å². The largest absolute Gasteiger partial charge is 0.367 e. The number of hydrogen-bond donors (Lipinski definition) is 0. The Morgan fingerprint density at radius 1 is 1.30 bits per heavy atom. The fourth-order valence-corrected chi connectivity index (χ4v) is 2.88. The van der Waals surface area contributed by atoms with Gasteiger partial charge in [-0.15, -0.1) is 0 Å². The number of benzene rings is 1. The normalized spacial score (nSPS) is 15.1. The van der Waals surface area contributed by atoms with Crippen molar-refractivity contribution in [3.05, 3.63) is 63.8 Å². The summed E-state index contributed by atoms with van der Waals surface area (Å²) in [7, 11) is 3.21. The van der Waals surface area contributed by atoms with Crippen LogP contribution in [0.4, 0.5) is 0 Å². The molecular formula is C17H19N3O3. The first kappa shape index (κ1) is 15.4. The number of amides is 1. The van der Waals surface area contributed by atoms with E-state index < -0.39 is 6.10 Å². The molecule has 1 atom stereocenters. The molecule has 0 fully saturated rings. The van der Waals surface area contributed by atoms with E-state index in [-0.39, 0.29) is 11.5 Å². The lowest BCUT2D eigenvalue weighted by atomic mass is 10.0. The van der Waals surface area contributed by atoms with Crippen molar-refractivity contribution < 1.29 is 9.53 Å². The highest BCUT2D eigenvalue weighted by molar-refractivity contribution is 5.82. The molecule has 1 amide bonds. The molecule has 0 aliphatic carbocycles. The average molecular weight is 313 g/mol. The van der Waals surface area contributed by atoms with Crippen LogP contribution in [0.15, 0.2) is 41.5 Å². The summed E-state index contributed by atoms with van der Waals surface area (Å²) in [6.45, 7) is 0.844. The molecule has 0 spiro atoms. The Morgan fingerprint density at radius 2 is 2.04 bits per heavy atom. The molecule has 3 rings (SSSR count). The molecule has 0 radical (unpaired) electrons. The summed E-state index contributed by atoms with van der Waals surface area (Å²) in [5.41, 5.74) is 2.17. The van der Waals surface area contributed by atoms with Crippen LogP contribution in [0.1, 0.15) is 22.9 Å². The van der Waals surface area contributed by atoms with Crippen molar-refractivity contribution in [2.45, 2.75) is 19.1 Å². The summed E-state index contributed by atoms with van der Waals surface area (Å²) in [5, 5.41) is 0. The molecule has 6 nitrogen and oxygen atoms in total. The minimum absolute atomic E-state index is 0.0338. The molecule has 1 aromatic heterocycles. The summed E-state index contributed by atoms with van der Waals surface area (Å²) >= 11 is 0. The predicted octanol–water partition coefficient (Wildman–Crippen LogP) is 1.05. The van der Waals surface area contributed by atoms with Crippen LogP contribution >= 0.6 is 0 Å². The molecule has 2 aromatic rings. The third-order valence-electron chi connectivity index (χ3n) is 4.16. The quantitative estimate of drug-likeness (QED) is 0.850. The maximum atomic E-state index is 12.8. The van der Waals surface area contributed by atoms with Crippen LogP contribution in [-0.4, -0.2) is 34.0 Å². The average Bonchev–Trinajstić information content (AvgIpc) is 2.59. The van der Waals surface area contributed by atoms with Crippen LogP contribution in [0.25, 0.3) is 0 Å². The summed E-state index contributed by atoms with van der Waals surface area (Å²) in [4.78, 5) is 30.9. The third-order valence-corrected chi connectivity index (χ3v) is 4.16. The van der Waals surface area contributed by atoms with Gasteiger partial charge in [0, 0.05) is 26.3 Å². The topological polar surface area (TPSA) is 64.4 Å². The SMILES string of the molecule is CO[C@H](C(=O)N1CCc2c(ncn(C)c2=O)C1)c1ccccc1. The molecule has 2 heterocycles. The second-order valence-corrected chi connectivity index (χ2v) is 5.62. The highest BCUT2D eigenvalue weighted by Gasteiger charge is 2.30. The van der Waals surface area contributed by atoms with Gasteiger partial charge in [-0.05, 0) is 12.0 Å². The lowest BCUT2D eigenvalue weighted by molar-refractivity contribution is -0.143. The maximum absolute atomic E-state index is 12.8. The van der Waals surface area contributed by atoms with Gasteiger partial charge in [0.2, 0.25) is 0 Å². The monoisotopic (exact) mass is 313 g/mol. The van der Waals surface area contributed by atoms with E-state index in [1.807, 2.05) is 30.3 Å². The highest BCUT2D eigenvalue weighted by atomic mass is 16.5. The lowest BCUT2D eigenvalue weighted by Gasteiger charge is -2.30. The molecule has 0 N–H and O–H groups in total. The van der Waals surface area contributed by atoms with E-state index in [9.17, 15) is 9.59 Å². The van der Waals surface area contributed by atoms with Crippen LogP contribution in [0, 0.1) is 0 Å². The molecule has 1 aliphatic heterocycles. The van der Waals surface area contributed by atoms with E-state index >= 15 is 0 Å². The molecule has 120 valence electrons. The molecule has 0 bridgehead atoms. The smallest absolute Gasteiger partial charge is 0.256 e. The Morgan fingerprint density at radius 3 is 2.74 bits per heavy atom. The van der Waals surface area contributed by atoms with Gasteiger partial charge in [-0.2, -0.15) is 0 Å². The van der Waals surface area contributed by atoms with Gasteiger partial charge in [0.15, 0.2) is 6.10 Å². The molecule has 1 aliphatic rings. The second kappa shape index (κ2) is 6.34.